The number of aromatic nitrogens is 2. The molecule has 0 fully saturated rings. The van der Waals surface area contributed by atoms with E-state index in [1.54, 1.807) is 12.5 Å². The SMILES string of the molecule is CCCOC(=O)c1cncn1C(C)c1ccccc1.[H-].[Na+]. The molecule has 1 heterocycles. The van der Waals surface area contributed by atoms with Crippen molar-refractivity contribution in [1.29, 1.82) is 0 Å². The van der Waals surface area contributed by atoms with Crippen molar-refractivity contribution < 1.29 is 40.5 Å². The van der Waals surface area contributed by atoms with Crippen molar-refractivity contribution in [2.45, 2.75) is 26.3 Å². The smallest absolute Gasteiger partial charge is 1.00 e. The Morgan fingerprint density at radius 3 is 2.75 bits per heavy atom. The number of carbonyl (C=O) groups is 1. The Balaban J connectivity index is 0.00000200. The normalized spacial score (nSPS) is 11.5. The number of benzene rings is 1. The molecule has 2 aromatic rings. The van der Waals surface area contributed by atoms with E-state index in [2.05, 4.69) is 4.98 Å². The van der Waals surface area contributed by atoms with Crippen LogP contribution in [0, 0.1) is 0 Å². The maximum atomic E-state index is 11.9. The van der Waals surface area contributed by atoms with Gasteiger partial charge in [-0.25, -0.2) is 9.78 Å². The van der Waals surface area contributed by atoms with Gasteiger partial charge in [-0.05, 0) is 18.9 Å². The molecule has 0 aliphatic carbocycles. The predicted molar refractivity (Wildman–Crippen MR) is 74.2 cm³/mol. The van der Waals surface area contributed by atoms with Gasteiger partial charge in [0.05, 0.1) is 25.2 Å². The number of nitrogens with zero attached hydrogens (tertiary/aromatic N) is 2. The van der Waals surface area contributed by atoms with Crippen molar-refractivity contribution in [2.75, 3.05) is 6.61 Å². The molecule has 5 heteroatoms. The van der Waals surface area contributed by atoms with E-state index in [1.165, 1.54) is 0 Å². The van der Waals surface area contributed by atoms with Crippen LogP contribution in [0.5, 0.6) is 0 Å². The molecule has 0 aliphatic rings. The van der Waals surface area contributed by atoms with Gasteiger partial charge in [-0.2, -0.15) is 0 Å². The Labute approximate surface area is 142 Å². The third-order valence-corrected chi connectivity index (χ3v) is 3.01. The Hall–Kier alpha value is -1.10. The minimum atomic E-state index is -0.317. The van der Waals surface area contributed by atoms with Crippen molar-refractivity contribution in [3.63, 3.8) is 0 Å². The second-order valence-electron chi connectivity index (χ2n) is 4.41. The van der Waals surface area contributed by atoms with Crippen LogP contribution in [-0.2, 0) is 4.74 Å². The molecule has 1 aromatic carbocycles. The Kier molecular flexibility index (Phi) is 6.99. The molecule has 2 rings (SSSR count). The van der Waals surface area contributed by atoms with E-state index in [9.17, 15) is 4.79 Å². The number of carbonyl (C=O) groups excluding carboxylic acids is 1. The first kappa shape index (κ1) is 17.0. The summed E-state index contributed by atoms with van der Waals surface area (Å²) in [5, 5.41) is 0. The zero-order chi connectivity index (χ0) is 13.7. The molecule has 0 radical (unpaired) electrons. The van der Waals surface area contributed by atoms with Gasteiger partial charge < -0.3 is 10.7 Å². The molecule has 0 amide bonds. The van der Waals surface area contributed by atoms with Gasteiger partial charge in [0.2, 0.25) is 0 Å². The van der Waals surface area contributed by atoms with Gasteiger partial charge in [0.1, 0.15) is 5.69 Å². The van der Waals surface area contributed by atoms with Gasteiger partial charge in [-0.15, -0.1) is 0 Å². The molecule has 0 aliphatic heterocycles. The van der Waals surface area contributed by atoms with Crippen LogP contribution in [0.15, 0.2) is 42.9 Å². The fourth-order valence-electron chi connectivity index (χ4n) is 1.93. The van der Waals surface area contributed by atoms with Crippen molar-refractivity contribution in [3.8, 4) is 0 Å². The Morgan fingerprint density at radius 1 is 1.40 bits per heavy atom. The van der Waals surface area contributed by atoms with E-state index in [-0.39, 0.29) is 43.0 Å². The maximum Gasteiger partial charge on any atom is 1.00 e. The standard InChI is InChI=1S/C15H18N2O2.Na.H/c1-3-9-19-15(18)14-10-16-11-17(14)12(2)13-7-5-4-6-8-13;;/h4-8,10-12H,3,9H2,1-2H3;;/q;+1;-1. The van der Waals surface area contributed by atoms with Gasteiger partial charge >= 0.3 is 35.5 Å². The summed E-state index contributed by atoms with van der Waals surface area (Å²) in [6.45, 7) is 4.44. The fourth-order valence-corrected chi connectivity index (χ4v) is 1.93. The average molecular weight is 282 g/mol. The van der Waals surface area contributed by atoms with Gasteiger partial charge in [-0.1, -0.05) is 37.3 Å². The zero-order valence-electron chi connectivity index (χ0n) is 13.2. The summed E-state index contributed by atoms with van der Waals surface area (Å²) in [7, 11) is 0. The fraction of sp³-hybridized carbons (Fsp3) is 0.333. The van der Waals surface area contributed by atoms with Gasteiger partial charge in [0.15, 0.2) is 0 Å². The van der Waals surface area contributed by atoms with Crippen molar-refractivity contribution >= 4 is 5.97 Å². The van der Waals surface area contributed by atoms with E-state index in [1.807, 2.05) is 48.7 Å². The molecule has 4 nitrogen and oxygen atoms in total. The van der Waals surface area contributed by atoms with Crippen molar-refractivity contribution in [2.24, 2.45) is 0 Å². The molecule has 0 bridgehead atoms. The number of hydrogen-bond acceptors (Lipinski definition) is 3. The first-order valence-electron chi connectivity index (χ1n) is 6.48. The molecular formula is C15H19N2NaO2. The molecule has 20 heavy (non-hydrogen) atoms. The third-order valence-electron chi connectivity index (χ3n) is 3.01. The summed E-state index contributed by atoms with van der Waals surface area (Å²) in [4.78, 5) is 16.0. The van der Waals surface area contributed by atoms with Crippen LogP contribution >= 0.6 is 0 Å². The molecule has 0 spiro atoms. The molecular weight excluding hydrogens is 263 g/mol. The molecule has 1 unspecified atom stereocenters. The monoisotopic (exact) mass is 282 g/mol. The molecule has 1 aromatic heterocycles. The zero-order valence-corrected chi connectivity index (χ0v) is 14.2. The number of ether oxygens (including phenoxy) is 1. The van der Waals surface area contributed by atoms with Crippen molar-refractivity contribution in [1.82, 2.24) is 9.55 Å². The van der Waals surface area contributed by atoms with Crippen LogP contribution < -0.4 is 29.6 Å². The maximum absolute atomic E-state index is 11.9. The van der Waals surface area contributed by atoms with E-state index >= 15 is 0 Å². The molecule has 1 atom stereocenters. The van der Waals surface area contributed by atoms with Crippen molar-refractivity contribution in [3.05, 3.63) is 54.1 Å². The van der Waals surface area contributed by atoms with Crippen LogP contribution in [0.4, 0.5) is 0 Å². The number of rotatable bonds is 5. The molecule has 102 valence electrons. The van der Waals surface area contributed by atoms with Crippen LogP contribution in [0.2, 0.25) is 0 Å². The van der Waals surface area contributed by atoms with E-state index in [0.29, 0.717) is 12.3 Å². The summed E-state index contributed by atoms with van der Waals surface area (Å²) in [6.07, 6.45) is 4.03. The van der Waals surface area contributed by atoms with Crippen LogP contribution in [0.25, 0.3) is 0 Å². The number of esters is 1. The van der Waals surface area contributed by atoms with Crippen LogP contribution in [-0.4, -0.2) is 22.1 Å². The first-order valence-corrected chi connectivity index (χ1v) is 6.48. The molecule has 0 saturated heterocycles. The third kappa shape index (κ3) is 3.95. The summed E-state index contributed by atoms with van der Waals surface area (Å²) in [6, 6.07) is 10.1. The summed E-state index contributed by atoms with van der Waals surface area (Å²) in [5.41, 5.74) is 1.62. The van der Waals surface area contributed by atoms with E-state index in [4.69, 9.17) is 4.74 Å². The van der Waals surface area contributed by atoms with Gasteiger partial charge in [-0.3, -0.25) is 0 Å². The van der Waals surface area contributed by atoms with E-state index < -0.39 is 0 Å². The van der Waals surface area contributed by atoms with Crippen LogP contribution in [0.3, 0.4) is 0 Å². The molecule has 0 N–H and O–H groups in total. The largest absolute Gasteiger partial charge is 1.00 e. The van der Waals surface area contributed by atoms with E-state index in [0.717, 1.165) is 12.0 Å². The van der Waals surface area contributed by atoms with Gasteiger partial charge in [0.25, 0.3) is 0 Å². The second kappa shape index (κ2) is 8.25. The number of hydrogen-bond donors (Lipinski definition) is 0. The first-order chi connectivity index (χ1) is 9.24. The molecule has 0 saturated carbocycles. The van der Waals surface area contributed by atoms with Crippen LogP contribution in [0.1, 0.15) is 43.8 Å². The summed E-state index contributed by atoms with van der Waals surface area (Å²) >= 11 is 0. The average Bonchev–Trinajstić information content (AvgIpc) is 2.94. The summed E-state index contributed by atoms with van der Waals surface area (Å²) < 4.78 is 7.00. The van der Waals surface area contributed by atoms with Gasteiger partial charge in [0, 0.05) is 0 Å². The quantitative estimate of drug-likeness (QED) is 0.580. The minimum Gasteiger partial charge on any atom is -1.00 e. The topological polar surface area (TPSA) is 44.1 Å². The second-order valence-corrected chi connectivity index (χ2v) is 4.41. The minimum absolute atomic E-state index is 0. The summed E-state index contributed by atoms with van der Waals surface area (Å²) in [5.74, 6) is -0.317. The Bertz CT molecular complexity index is 546. The number of imidazole rings is 1. The Morgan fingerprint density at radius 2 is 2.10 bits per heavy atom. The predicted octanol–water partition coefficient (Wildman–Crippen LogP) is 0.176.